The Bertz CT molecular complexity index is 1230. The van der Waals surface area contributed by atoms with Gasteiger partial charge < -0.3 is 19.9 Å². The minimum Gasteiger partial charge on any atom is -0.503 e. The fourth-order valence-electron chi connectivity index (χ4n) is 5.45. The Hall–Kier alpha value is -2.88. The SMILES string of the molecule is O=C(NCc1ccc(F)cc1F)c1cn2c(c(O)c1=O)C(=O)N1C(C2)SC[C@H]1CC1CCCCC1. The van der Waals surface area contributed by atoms with Crippen molar-refractivity contribution < 1.29 is 23.5 Å². The van der Waals surface area contributed by atoms with E-state index in [1.54, 1.807) is 11.8 Å². The molecule has 5 rings (SSSR count). The normalized spacial score (nSPS) is 22.1. The Morgan fingerprint density at radius 3 is 2.69 bits per heavy atom. The van der Waals surface area contributed by atoms with E-state index in [1.807, 2.05) is 4.90 Å². The Kier molecular flexibility index (Phi) is 6.57. The van der Waals surface area contributed by atoms with E-state index in [1.165, 1.54) is 48.9 Å². The monoisotopic (exact) mass is 503 g/mol. The number of nitrogens with zero attached hydrogens (tertiary/aromatic N) is 2. The van der Waals surface area contributed by atoms with Crippen molar-refractivity contribution in [2.75, 3.05) is 5.75 Å². The molecular weight excluding hydrogens is 476 g/mol. The molecule has 1 aromatic carbocycles. The van der Waals surface area contributed by atoms with Gasteiger partial charge in [0.15, 0.2) is 11.4 Å². The Morgan fingerprint density at radius 1 is 1.17 bits per heavy atom. The molecule has 7 nitrogen and oxygen atoms in total. The van der Waals surface area contributed by atoms with Crippen molar-refractivity contribution in [3.8, 4) is 5.75 Å². The first-order chi connectivity index (χ1) is 16.8. The number of carbonyl (C=O) groups excluding carboxylic acids is 2. The first-order valence-electron chi connectivity index (χ1n) is 12.0. The van der Waals surface area contributed by atoms with Crippen molar-refractivity contribution in [3.05, 3.63) is 63.1 Å². The Labute approximate surface area is 205 Å². The zero-order valence-corrected chi connectivity index (χ0v) is 20.0. The van der Waals surface area contributed by atoms with E-state index in [-0.39, 0.29) is 40.7 Å². The van der Waals surface area contributed by atoms with Crippen molar-refractivity contribution in [2.24, 2.45) is 5.92 Å². The molecule has 186 valence electrons. The number of aromatic nitrogens is 1. The van der Waals surface area contributed by atoms with Crippen molar-refractivity contribution in [1.29, 1.82) is 0 Å². The number of thioether (sulfide) groups is 1. The number of carbonyl (C=O) groups is 2. The number of halogens is 2. The van der Waals surface area contributed by atoms with E-state index in [4.69, 9.17) is 0 Å². The molecular formula is C25H27F2N3O4S. The van der Waals surface area contributed by atoms with Gasteiger partial charge in [-0.1, -0.05) is 38.2 Å². The van der Waals surface area contributed by atoms with E-state index in [2.05, 4.69) is 5.32 Å². The van der Waals surface area contributed by atoms with E-state index < -0.39 is 28.7 Å². The predicted octanol–water partition coefficient (Wildman–Crippen LogP) is 3.63. The maximum atomic E-state index is 13.9. The lowest BCUT2D eigenvalue weighted by Crippen LogP contribution is -2.49. The summed E-state index contributed by atoms with van der Waals surface area (Å²) in [7, 11) is 0. The number of rotatable bonds is 5. The number of hydrogen-bond acceptors (Lipinski definition) is 5. The second kappa shape index (κ2) is 9.64. The maximum absolute atomic E-state index is 13.9. The molecule has 2 aliphatic heterocycles. The van der Waals surface area contributed by atoms with Gasteiger partial charge in [-0.05, 0) is 18.4 Å². The summed E-state index contributed by atoms with van der Waals surface area (Å²) < 4.78 is 28.5. The van der Waals surface area contributed by atoms with Crippen LogP contribution in [0.25, 0.3) is 0 Å². The number of amides is 2. The second-order valence-corrected chi connectivity index (χ2v) is 10.7. The molecule has 3 heterocycles. The highest BCUT2D eigenvalue weighted by atomic mass is 32.2. The maximum Gasteiger partial charge on any atom is 0.275 e. The summed E-state index contributed by atoms with van der Waals surface area (Å²) in [6.07, 6.45) is 8.28. The fourth-order valence-corrected chi connectivity index (χ4v) is 6.89. The van der Waals surface area contributed by atoms with Gasteiger partial charge in [-0.15, -0.1) is 11.8 Å². The van der Waals surface area contributed by atoms with E-state index in [9.17, 15) is 28.3 Å². The summed E-state index contributed by atoms with van der Waals surface area (Å²) in [6, 6.07) is 3.05. The van der Waals surface area contributed by atoms with Crippen LogP contribution < -0.4 is 10.7 Å². The zero-order valence-electron chi connectivity index (χ0n) is 19.1. The third kappa shape index (κ3) is 4.55. The smallest absolute Gasteiger partial charge is 0.275 e. The van der Waals surface area contributed by atoms with E-state index >= 15 is 0 Å². The van der Waals surface area contributed by atoms with E-state index in [0.29, 0.717) is 18.5 Å². The van der Waals surface area contributed by atoms with Crippen LogP contribution in [0.5, 0.6) is 5.75 Å². The largest absolute Gasteiger partial charge is 0.503 e. The third-order valence-electron chi connectivity index (χ3n) is 7.26. The van der Waals surface area contributed by atoms with Crippen LogP contribution in [0, 0.1) is 17.6 Å². The minimum absolute atomic E-state index is 0.0548. The molecule has 1 unspecified atom stereocenters. The summed E-state index contributed by atoms with van der Waals surface area (Å²) in [5, 5.41) is 13.0. The number of benzene rings is 1. The van der Waals surface area contributed by atoms with Gasteiger partial charge in [-0.2, -0.15) is 0 Å². The van der Waals surface area contributed by atoms with Crippen LogP contribution in [0.4, 0.5) is 8.78 Å². The quantitative estimate of drug-likeness (QED) is 0.650. The highest BCUT2D eigenvalue weighted by Gasteiger charge is 2.44. The summed E-state index contributed by atoms with van der Waals surface area (Å²) >= 11 is 1.68. The number of aromatic hydroxyl groups is 1. The van der Waals surface area contributed by atoms with Crippen LogP contribution >= 0.6 is 11.8 Å². The molecule has 2 aromatic rings. The lowest BCUT2D eigenvalue weighted by molar-refractivity contribution is 0.0587. The molecule has 0 bridgehead atoms. The molecule has 2 N–H and O–H groups in total. The number of fused-ring (bicyclic) bond motifs is 2. The third-order valence-corrected chi connectivity index (χ3v) is 8.60. The van der Waals surface area contributed by atoms with Crippen LogP contribution in [-0.4, -0.2) is 43.6 Å². The topological polar surface area (TPSA) is 91.6 Å². The number of nitrogens with one attached hydrogen (secondary N) is 1. The lowest BCUT2D eigenvalue weighted by atomic mass is 9.84. The first-order valence-corrected chi connectivity index (χ1v) is 13.0. The molecule has 1 saturated heterocycles. The molecule has 3 aliphatic rings. The van der Waals surface area contributed by atoms with Crippen molar-refractivity contribution in [2.45, 2.75) is 63.0 Å². The molecule has 2 atom stereocenters. The van der Waals surface area contributed by atoms with Gasteiger partial charge in [-0.3, -0.25) is 14.4 Å². The molecule has 1 saturated carbocycles. The molecule has 2 amide bonds. The van der Waals surface area contributed by atoms with Crippen LogP contribution in [0.2, 0.25) is 0 Å². The van der Waals surface area contributed by atoms with Gasteiger partial charge in [0.2, 0.25) is 5.43 Å². The van der Waals surface area contributed by atoms with Gasteiger partial charge in [0.25, 0.3) is 11.8 Å². The van der Waals surface area contributed by atoms with E-state index in [0.717, 1.165) is 18.2 Å². The fraction of sp³-hybridized carbons (Fsp3) is 0.480. The van der Waals surface area contributed by atoms with Crippen molar-refractivity contribution in [1.82, 2.24) is 14.8 Å². The van der Waals surface area contributed by atoms with Crippen LogP contribution in [0.1, 0.15) is 64.9 Å². The minimum atomic E-state index is -0.948. The van der Waals surface area contributed by atoms with Gasteiger partial charge in [0, 0.05) is 36.2 Å². The first kappa shape index (κ1) is 23.8. The van der Waals surface area contributed by atoms with Crippen molar-refractivity contribution >= 4 is 23.6 Å². The Balaban J connectivity index is 1.36. The van der Waals surface area contributed by atoms with Gasteiger partial charge >= 0.3 is 0 Å². The summed E-state index contributed by atoms with van der Waals surface area (Å²) in [5.41, 5.74) is -1.32. The van der Waals surface area contributed by atoms with Crippen LogP contribution in [-0.2, 0) is 13.1 Å². The molecule has 0 radical (unpaired) electrons. The average molecular weight is 504 g/mol. The highest BCUT2D eigenvalue weighted by Crippen LogP contribution is 2.40. The standard InChI is InChI=1S/C25H27F2N3O4S/c26-16-7-6-15(19(27)9-16)10-28-24(33)18-11-29-12-20-30(25(34)21(29)23(32)22(18)31)17(13-35-20)8-14-4-2-1-3-5-14/h6-7,9,11,14,17,20,32H,1-5,8,10,12-13H2,(H,28,33)/t17-,20?/m1/s1. The summed E-state index contributed by atoms with van der Waals surface area (Å²) in [6.45, 7) is 0.0918. The summed E-state index contributed by atoms with van der Waals surface area (Å²) in [5.74, 6) is -2.10. The lowest BCUT2D eigenvalue weighted by Gasteiger charge is -2.37. The predicted molar refractivity (Wildman–Crippen MR) is 127 cm³/mol. The second-order valence-electron chi connectivity index (χ2n) is 9.53. The molecule has 0 spiro atoms. The Morgan fingerprint density at radius 2 is 1.94 bits per heavy atom. The molecule has 35 heavy (non-hydrogen) atoms. The average Bonchev–Trinajstić information content (AvgIpc) is 3.23. The zero-order chi connectivity index (χ0) is 24.7. The van der Waals surface area contributed by atoms with Gasteiger partial charge in [-0.25, -0.2) is 8.78 Å². The molecule has 2 fully saturated rings. The summed E-state index contributed by atoms with van der Waals surface area (Å²) in [4.78, 5) is 40.7. The van der Waals surface area contributed by atoms with Crippen LogP contribution in [0.15, 0.2) is 29.2 Å². The van der Waals surface area contributed by atoms with Gasteiger partial charge in [0.1, 0.15) is 17.2 Å². The van der Waals surface area contributed by atoms with Crippen molar-refractivity contribution in [3.63, 3.8) is 0 Å². The number of hydrogen-bond donors (Lipinski definition) is 2. The highest BCUT2D eigenvalue weighted by molar-refractivity contribution is 8.00. The molecule has 10 heteroatoms. The van der Waals surface area contributed by atoms with Gasteiger partial charge in [0.05, 0.1) is 11.9 Å². The van der Waals surface area contributed by atoms with Crippen LogP contribution in [0.3, 0.4) is 0 Å². The molecule has 1 aromatic heterocycles. The molecule has 1 aliphatic carbocycles. The number of pyridine rings is 1.